The Hall–Kier alpha value is -1.29. The second-order valence-electron chi connectivity index (χ2n) is 3.06. The number of nitrogens with zero attached hydrogens (tertiary/aromatic N) is 1. The monoisotopic (exact) mass is 182 g/mol. The van der Waals surface area contributed by atoms with Crippen LogP contribution in [-0.2, 0) is 11.3 Å². The minimum Gasteiger partial charge on any atom is -0.467 e. The van der Waals surface area contributed by atoms with Gasteiger partial charge in [-0.05, 0) is 19.1 Å². The van der Waals surface area contributed by atoms with Gasteiger partial charge in [-0.2, -0.15) is 0 Å². The zero-order valence-electron chi connectivity index (χ0n) is 7.86. The number of carbonyl (C=O) groups is 1. The number of nitrogens with two attached hydrogens (primary N) is 1. The van der Waals surface area contributed by atoms with Gasteiger partial charge in [-0.25, -0.2) is 0 Å². The molecule has 1 aromatic heterocycles. The second-order valence-corrected chi connectivity index (χ2v) is 3.06. The molecular weight excluding hydrogens is 168 g/mol. The second kappa shape index (κ2) is 4.09. The van der Waals surface area contributed by atoms with Crippen molar-refractivity contribution in [1.29, 1.82) is 0 Å². The Kier molecular flexibility index (Phi) is 3.08. The molecule has 0 bridgehead atoms. The molecule has 13 heavy (non-hydrogen) atoms. The highest BCUT2D eigenvalue weighted by Gasteiger charge is 2.13. The highest BCUT2D eigenvalue weighted by atomic mass is 16.3. The molecule has 0 unspecified atom stereocenters. The van der Waals surface area contributed by atoms with Crippen molar-refractivity contribution in [2.45, 2.75) is 19.5 Å². The fraction of sp³-hybridized carbons (Fsp3) is 0.444. The van der Waals surface area contributed by atoms with E-state index in [1.54, 1.807) is 31.2 Å². The SMILES string of the molecule is C[C@H](N)C(=O)N(C)Cc1ccco1. The van der Waals surface area contributed by atoms with Crippen molar-refractivity contribution < 1.29 is 9.21 Å². The molecule has 0 saturated carbocycles. The third kappa shape index (κ3) is 2.59. The molecule has 0 aromatic carbocycles. The first-order valence-electron chi connectivity index (χ1n) is 4.14. The summed E-state index contributed by atoms with van der Waals surface area (Å²) in [5.41, 5.74) is 5.44. The van der Waals surface area contributed by atoms with Crippen LogP contribution in [0.4, 0.5) is 0 Å². The Bertz CT molecular complexity index is 267. The highest BCUT2D eigenvalue weighted by Crippen LogP contribution is 2.04. The van der Waals surface area contributed by atoms with E-state index in [0.717, 1.165) is 5.76 Å². The van der Waals surface area contributed by atoms with Gasteiger partial charge in [-0.1, -0.05) is 0 Å². The molecule has 1 aromatic rings. The van der Waals surface area contributed by atoms with Crippen molar-refractivity contribution >= 4 is 5.91 Å². The summed E-state index contributed by atoms with van der Waals surface area (Å²) in [6.45, 7) is 2.13. The van der Waals surface area contributed by atoms with Crippen molar-refractivity contribution in [3.8, 4) is 0 Å². The van der Waals surface area contributed by atoms with Crippen molar-refractivity contribution in [2.24, 2.45) is 5.73 Å². The molecule has 1 rings (SSSR count). The van der Waals surface area contributed by atoms with E-state index >= 15 is 0 Å². The molecule has 0 aliphatic carbocycles. The summed E-state index contributed by atoms with van der Waals surface area (Å²) in [4.78, 5) is 12.9. The van der Waals surface area contributed by atoms with E-state index in [4.69, 9.17) is 10.2 Å². The zero-order valence-corrected chi connectivity index (χ0v) is 7.86. The Morgan fingerprint density at radius 3 is 2.92 bits per heavy atom. The van der Waals surface area contributed by atoms with Gasteiger partial charge >= 0.3 is 0 Å². The molecule has 1 amide bonds. The molecule has 0 aliphatic rings. The first-order chi connectivity index (χ1) is 6.11. The van der Waals surface area contributed by atoms with E-state index in [0.29, 0.717) is 6.54 Å². The normalized spacial score (nSPS) is 12.5. The van der Waals surface area contributed by atoms with Gasteiger partial charge in [0.2, 0.25) is 5.91 Å². The molecule has 0 saturated heterocycles. The third-order valence-corrected chi connectivity index (χ3v) is 1.74. The maximum atomic E-state index is 11.3. The van der Waals surface area contributed by atoms with Crippen LogP contribution in [0.1, 0.15) is 12.7 Å². The zero-order chi connectivity index (χ0) is 9.84. The van der Waals surface area contributed by atoms with Gasteiger partial charge in [0.15, 0.2) is 0 Å². The summed E-state index contributed by atoms with van der Waals surface area (Å²) in [6, 6.07) is 3.16. The van der Waals surface area contributed by atoms with Crippen molar-refractivity contribution in [2.75, 3.05) is 7.05 Å². The number of rotatable bonds is 3. The molecule has 4 heteroatoms. The largest absolute Gasteiger partial charge is 0.467 e. The predicted octanol–water partition coefficient (Wildman–Crippen LogP) is 0.585. The first-order valence-corrected chi connectivity index (χ1v) is 4.14. The first kappa shape index (κ1) is 9.80. The molecular formula is C9H14N2O2. The number of likely N-dealkylation sites (N-methyl/N-ethyl adjacent to an activating group) is 1. The van der Waals surface area contributed by atoms with Crippen LogP contribution in [0.15, 0.2) is 22.8 Å². The summed E-state index contributed by atoms with van der Waals surface area (Å²) in [5, 5.41) is 0. The lowest BCUT2D eigenvalue weighted by molar-refractivity contribution is -0.131. The molecule has 1 heterocycles. The van der Waals surface area contributed by atoms with Gasteiger partial charge in [0, 0.05) is 7.05 Å². The van der Waals surface area contributed by atoms with Crippen LogP contribution in [0.25, 0.3) is 0 Å². The summed E-state index contributed by atoms with van der Waals surface area (Å²) in [6.07, 6.45) is 1.58. The molecule has 2 N–H and O–H groups in total. The van der Waals surface area contributed by atoms with Gasteiger partial charge in [0.1, 0.15) is 5.76 Å². The topological polar surface area (TPSA) is 59.5 Å². The molecule has 0 fully saturated rings. The number of carbonyl (C=O) groups excluding carboxylic acids is 1. The maximum absolute atomic E-state index is 11.3. The number of hydrogen-bond acceptors (Lipinski definition) is 3. The van der Waals surface area contributed by atoms with E-state index in [1.807, 2.05) is 6.07 Å². The van der Waals surface area contributed by atoms with Gasteiger partial charge in [-0.15, -0.1) is 0 Å². The quantitative estimate of drug-likeness (QED) is 0.744. The molecule has 1 atom stereocenters. The van der Waals surface area contributed by atoms with E-state index in [9.17, 15) is 4.79 Å². The van der Waals surface area contributed by atoms with Gasteiger partial charge in [0.05, 0.1) is 18.8 Å². The Balaban J connectivity index is 2.51. The van der Waals surface area contributed by atoms with Crippen molar-refractivity contribution in [3.05, 3.63) is 24.2 Å². The van der Waals surface area contributed by atoms with Crippen LogP contribution < -0.4 is 5.73 Å². The van der Waals surface area contributed by atoms with Crippen LogP contribution >= 0.6 is 0 Å². The van der Waals surface area contributed by atoms with Crippen LogP contribution in [0.3, 0.4) is 0 Å². The van der Waals surface area contributed by atoms with Crippen molar-refractivity contribution in [3.63, 3.8) is 0 Å². The average Bonchev–Trinajstić information content (AvgIpc) is 2.55. The minimum atomic E-state index is -0.458. The Morgan fingerprint density at radius 1 is 1.77 bits per heavy atom. The molecule has 0 spiro atoms. The highest BCUT2D eigenvalue weighted by molar-refractivity contribution is 5.80. The lowest BCUT2D eigenvalue weighted by atomic mass is 10.3. The number of hydrogen-bond donors (Lipinski definition) is 1. The summed E-state index contributed by atoms with van der Waals surface area (Å²) in [5.74, 6) is 0.674. The van der Waals surface area contributed by atoms with Gasteiger partial charge in [-0.3, -0.25) is 4.79 Å². The summed E-state index contributed by atoms with van der Waals surface area (Å²) in [7, 11) is 1.70. The van der Waals surface area contributed by atoms with Crippen LogP contribution in [0, 0.1) is 0 Å². The maximum Gasteiger partial charge on any atom is 0.239 e. The molecule has 4 nitrogen and oxygen atoms in total. The Morgan fingerprint density at radius 2 is 2.46 bits per heavy atom. The van der Waals surface area contributed by atoms with Gasteiger partial charge in [0.25, 0.3) is 0 Å². The standard InChI is InChI=1S/C9H14N2O2/c1-7(10)9(12)11(2)6-8-4-3-5-13-8/h3-5,7H,6,10H2,1-2H3/t7-/m0/s1. The van der Waals surface area contributed by atoms with Crippen molar-refractivity contribution in [1.82, 2.24) is 4.90 Å². The minimum absolute atomic E-state index is 0.0867. The van der Waals surface area contributed by atoms with E-state index < -0.39 is 6.04 Å². The van der Waals surface area contributed by atoms with E-state index in [2.05, 4.69) is 0 Å². The molecule has 0 aliphatic heterocycles. The predicted molar refractivity (Wildman–Crippen MR) is 48.8 cm³/mol. The fourth-order valence-corrected chi connectivity index (χ4v) is 1.06. The fourth-order valence-electron chi connectivity index (χ4n) is 1.06. The van der Waals surface area contributed by atoms with Gasteiger partial charge < -0.3 is 15.1 Å². The summed E-state index contributed by atoms with van der Waals surface area (Å²) < 4.78 is 5.10. The van der Waals surface area contributed by atoms with Crippen LogP contribution in [0.5, 0.6) is 0 Å². The lowest BCUT2D eigenvalue weighted by Crippen LogP contribution is -2.39. The smallest absolute Gasteiger partial charge is 0.239 e. The molecule has 72 valence electrons. The van der Waals surface area contributed by atoms with Crippen LogP contribution in [0.2, 0.25) is 0 Å². The number of amides is 1. The molecule has 0 radical (unpaired) electrons. The average molecular weight is 182 g/mol. The Labute approximate surface area is 77.3 Å². The van der Waals surface area contributed by atoms with Crippen LogP contribution in [-0.4, -0.2) is 23.9 Å². The summed E-state index contributed by atoms with van der Waals surface area (Å²) >= 11 is 0. The number of furan rings is 1. The van der Waals surface area contributed by atoms with E-state index in [1.165, 1.54) is 0 Å². The van der Waals surface area contributed by atoms with E-state index in [-0.39, 0.29) is 5.91 Å². The third-order valence-electron chi connectivity index (χ3n) is 1.74. The lowest BCUT2D eigenvalue weighted by Gasteiger charge is -2.17.